The number of benzene rings is 1. The van der Waals surface area contributed by atoms with E-state index in [1.807, 2.05) is 0 Å². The Kier molecular flexibility index (Phi) is 4.16. The molecule has 1 amide bonds. The van der Waals surface area contributed by atoms with E-state index in [2.05, 4.69) is 10.1 Å². The summed E-state index contributed by atoms with van der Waals surface area (Å²) in [5.74, 6) is -0.841. The highest BCUT2D eigenvalue weighted by Crippen LogP contribution is 2.32. The first-order chi connectivity index (χ1) is 11.4. The molecule has 2 heterocycles. The van der Waals surface area contributed by atoms with Crippen molar-refractivity contribution in [3.05, 3.63) is 41.0 Å². The lowest BCUT2D eigenvalue weighted by Gasteiger charge is -2.23. The van der Waals surface area contributed by atoms with Gasteiger partial charge in [0, 0.05) is 19.2 Å². The Morgan fingerprint density at radius 1 is 1.42 bits per heavy atom. The highest BCUT2D eigenvalue weighted by atomic mass is 19.3. The summed E-state index contributed by atoms with van der Waals surface area (Å²) < 4.78 is 40.5. The summed E-state index contributed by atoms with van der Waals surface area (Å²) in [5.41, 5.74) is 4.91. The van der Waals surface area contributed by atoms with Gasteiger partial charge in [-0.15, -0.1) is 0 Å². The lowest BCUT2D eigenvalue weighted by atomic mass is 10.1. The van der Waals surface area contributed by atoms with Crippen molar-refractivity contribution in [2.45, 2.75) is 25.3 Å². The van der Waals surface area contributed by atoms with Gasteiger partial charge in [0.25, 0.3) is 12.3 Å². The van der Waals surface area contributed by atoms with E-state index in [9.17, 15) is 18.0 Å². The van der Waals surface area contributed by atoms with Gasteiger partial charge in [0.15, 0.2) is 5.82 Å². The van der Waals surface area contributed by atoms with Crippen LogP contribution in [0.1, 0.15) is 47.1 Å². The molecule has 3 rings (SSSR count). The van der Waals surface area contributed by atoms with Crippen molar-refractivity contribution >= 4 is 11.9 Å². The van der Waals surface area contributed by atoms with Crippen LogP contribution in [0.25, 0.3) is 0 Å². The number of nitrogen functional groups attached to an aromatic ring is 1. The van der Waals surface area contributed by atoms with Crippen LogP contribution in [-0.2, 0) is 7.05 Å². The zero-order chi connectivity index (χ0) is 17.4. The third kappa shape index (κ3) is 2.81. The van der Waals surface area contributed by atoms with Gasteiger partial charge in [-0.3, -0.25) is 4.79 Å². The molecule has 2 aromatic rings. The molecule has 1 aliphatic heterocycles. The van der Waals surface area contributed by atoms with E-state index >= 15 is 0 Å². The molecule has 24 heavy (non-hydrogen) atoms. The number of likely N-dealkylation sites (tertiary alicyclic amines) is 1. The van der Waals surface area contributed by atoms with Gasteiger partial charge < -0.3 is 10.6 Å². The molecule has 1 unspecified atom stereocenters. The van der Waals surface area contributed by atoms with E-state index in [4.69, 9.17) is 5.73 Å². The number of nitrogens with zero attached hydrogens (tertiary/aromatic N) is 4. The predicted molar refractivity (Wildman–Crippen MR) is 79.8 cm³/mol. The van der Waals surface area contributed by atoms with Gasteiger partial charge in [-0.25, -0.2) is 17.9 Å². The van der Waals surface area contributed by atoms with Gasteiger partial charge in [-0.05, 0) is 31.0 Å². The first-order valence-electron chi connectivity index (χ1n) is 7.43. The summed E-state index contributed by atoms with van der Waals surface area (Å²) in [6.07, 6.45) is -1.60. The number of anilines is 1. The van der Waals surface area contributed by atoms with Crippen molar-refractivity contribution in [3.8, 4) is 0 Å². The average Bonchev–Trinajstić information content (AvgIpc) is 3.14. The van der Waals surface area contributed by atoms with Crippen molar-refractivity contribution in [1.82, 2.24) is 19.7 Å². The van der Waals surface area contributed by atoms with Gasteiger partial charge in [0.2, 0.25) is 5.95 Å². The Bertz CT molecular complexity index is 757. The molecule has 1 saturated heterocycles. The fraction of sp³-hybridized carbons (Fsp3) is 0.400. The van der Waals surface area contributed by atoms with Gasteiger partial charge in [0.1, 0.15) is 5.82 Å². The molecular formula is C15H16F3N5O. The number of aryl methyl sites for hydroxylation is 1. The standard InChI is InChI=1S/C15H16F3N5O/c1-22-15(19)20-13(21-22)11-3-2-6-23(11)14(24)8-4-5-10(16)9(7-8)12(17)18/h4-5,7,11-12H,2-3,6H2,1H3,(H2,19,20,21). The van der Waals surface area contributed by atoms with E-state index in [1.165, 1.54) is 15.6 Å². The lowest BCUT2D eigenvalue weighted by Crippen LogP contribution is -2.31. The van der Waals surface area contributed by atoms with Gasteiger partial charge >= 0.3 is 0 Å². The van der Waals surface area contributed by atoms with Crippen LogP contribution in [0, 0.1) is 5.82 Å². The summed E-state index contributed by atoms with van der Waals surface area (Å²) in [6, 6.07) is 2.62. The monoisotopic (exact) mass is 339 g/mol. The van der Waals surface area contributed by atoms with Crippen LogP contribution < -0.4 is 5.73 Å². The summed E-state index contributed by atoms with van der Waals surface area (Å²) in [6.45, 7) is 0.447. The van der Waals surface area contributed by atoms with Gasteiger partial charge in [-0.2, -0.15) is 10.1 Å². The fourth-order valence-corrected chi connectivity index (χ4v) is 2.85. The van der Waals surface area contributed by atoms with E-state index in [0.29, 0.717) is 18.8 Å². The Morgan fingerprint density at radius 2 is 2.17 bits per heavy atom. The molecule has 0 spiro atoms. The Balaban J connectivity index is 1.90. The third-order valence-electron chi connectivity index (χ3n) is 4.10. The molecule has 2 N–H and O–H groups in total. The van der Waals surface area contributed by atoms with Crippen molar-refractivity contribution in [2.24, 2.45) is 7.05 Å². The zero-order valence-corrected chi connectivity index (χ0v) is 12.9. The second-order valence-electron chi connectivity index (χ2n) is 5.65. The van der Waals surface area contributed by atoms with Crippen molar-refractivity contribution in [3.63, 3.8) is 0 Å². The van der Waals surface area contributed by atoms with Crippen LogP contribution in [0.2, 0.25) is 0 Å². The molecule has 128 valence electrons. The van der Waals surface area contributed by atoms with E-state index in [-0.39, 0.29) is 17.6 Å². The minimum atomic E-state index is -2.98. The number of aromatic nitrogens is 3. The molecule has 0 saturated carbocycles. The largest absolute Gasteiger partial charge is 0.368 e. The molecule has 1 aromatic carbocycles. The average molecular weight is 339 g/mol. The Morgan fingerprint density at radius 3 is 2.79 bits per heavy atom. The zero-order valence-electron chi connectivity index (χ0n) is 12.9. The predicted octanol–water partition coefficient (Wildman–Crippen LogP) is 2.45. The number of hydrogen-bond acceptors (Lipinski definition) is 4. The van der Waals surface area contributed by atoms with Crippen molar-refractivity contribution in [1.29, 1.82) is 0 Å². The first-order valence-corrected chi connectivity index (χ1v) is 7.43. The molecule has 1 atom stereocenters. The molecule has 0 radical (unpaired) electrons. The second-order valence-corrected chi connectivity index (χ2v) is 5.65. The minimum Gasteiger partial charge on any atom is -0.368 e. The maximum Gasteiger partial charge on any atom is 0.266 e. The number of hydrogen-bond donors (Lipinski definition) is 1. The van der Waals surface area contributed by atoms with E-state index in [0.717, 1.165) is 18.6 Å². The molecule has 0 bridgehead atoms. The maximum atomic E-state index is 13.4. The van der Waals surface area contributed by atoms with Gasteiger partial charge in [-0.1, -0.05) is 0 Å². The summed E-state index contributed by atoms with van der Waals surface area (Å²) in [5, 5.41) is 4.19. The van der Waals surface area contributed by atoms with Crippen LogP contribution in [-0.4, -0.2) is 32.1 Å². The van der Waals surface area contributed by atoms with Crippen molar-refractivity contribution in [2.75, 3.05) is 12.3 Å². The van der Waals surface area contributed by atoms with Crippen LogP contribution >= 0.6 is 0 Å². The number of carbonyl (C=O) groups is 1. The summed E-state index contributed by atoms with van der Waals surface area (Å²) >= 11 is 0. The molecule has 6 nitrogen and oxygen atoms in total. The fourth-order valence-electron chi connectivity index (χ4n) is 2.85. The third-order valence-corrected chi connectivity index (χ3v) is 4.10. The molecule has 9 heteroatoms. The van der Waals surface area contributed by atoms with E-state index < -0.39 is 23.7 Å². The molecular weight excluding hydrogens is 323 g/mol. The number of alkyl halides is 2. The summed E-state index contributed by atoms with van der Waals surface area (Å²) in [4.78, 5) is 18.3. The quantitative estimate of drug-likeness (QED) is 0.932. The van der Waals surface area contributed by atoms with Crippen LogP contribution in [0.3, 0.4) is 0 Å². The SMILES string of the molecule is Cn1nc(C2CCCN2C(=O)c2ccc(F)c(C(F)F)c2)nc1N. The Labute approximate surface area is 136 Å². The highest BCUT2D eigenvalue weighted by molar-refractivity contribution is 5.94. The maximum absolute atomic E-state index is 13.4. The minimum absolute atomic E-state index is 0.0162. The van der Waals surface area contributed by atoms with Crippen LogP contribution in [0.5, 0.6) is 0 Å². The lowest BCUT2D eigenvalue weighted by molar-refractivity contribution is 0.0729. The number of nitrogens with two attached hydrogens (primary N) is 1. The topological polar surface area (TPSA) is 77.0 Å². The number of carbonyl (C=O) groups excluding carboxylic acids is 1. The smallest absolute Gasteiger partial charge is 0.266 e. The molecule has 0 aliphatic carbocycles. The number of amides is 1. The number of halogens is 3. The van der Waals surface area contributed by atoms with E-state index in [1.54, 1.807) is 7.05 Å². The highest BCUT2D eigenvalue weighted by Gasteiger charge is 2.34. The Hall–Kier alpha value is -2.58. The second kappa shape index (κ2) is 6.14. The first kappa shape index (κ1) is 16.3. The summed E-state index contributed by atoms with van der Waals surface area (Å²) in [7, 11) is 1.64. The molecule has 1 aliphatic rings. The normalized spacial score (nSPS) is 17.7. The van der Waals surface area contributed by atoms with Crippen LogP contribution in [0.4, 0.5) is 19.1 Å². The van der Waals surface area contributed by atoms with Crippen LogP contribution in [0.15, 0.2) is 18.2 Å². The number of rotatable bonds is 3. The molecule has 1 aromatic heterocycles. The van der Waals surface area contributed by atoms with Crippen molar-refractivity contribution < 1.29 is 18.0 Å². The molecule has 1 fully saturated rings. The van der Waals surface area contributed by atoms with Gasteiger partial charge in [0.05, 0.1) is 11.6 Å².